The summed E-state index contributed by atoms with van der Waals surface area (Å²) in [7, 11) is 0. The first-order chi connectivity index (χ1) is 26.4. The fraction of sp³-hybridized carbons (Fsp3) is 0. The van der Waals surface area contributed by atoms with E-state index in [2.05, 4.69) is 31.6 Å². The Morgan fingerprint density at radius 3 is 0.600 bits per heavy atom. The molecule has 6 rings (SSSR count). The normalized spacial score (nSPS) is 9.38. The van der Waals surface area contributed by atoms with Crippen molar-refractivity contribution in [3.05, 3.63) is 182 Å². The fourth-order valence-electron chi connectivity index (χ4n) is 4.66. The van der Waals surface area contributed by atoms with Gasteiger partial charge < -0.3 is 0 Å². The minimum absolute atomic E-state index is 0. The number of nitrogens with zero attached hydrogens (tertiary/aromatic N) is 6. The van der Waals surface area contributed by atoms with E-state index in [0.717, 1.165) is 34.1 Å². The maximum Gasteiger partial charge on any atom is 3.00 e. The number of hydrogen-bond acceptors (Lipinski definition) is 9. The van der Waals surface area contributed by atoms with Gasteiger partial charge in [0.25, 0.3) is 0 Å². The third-order valence-electron chi connectivity index (χ3n) is 7.01. The van der Waals surface area contributed by atoms with E-state index < -0.39 is 0 Å². The van der Waals surface area contributed by atoms with E-state index in [1.165, 1.54) is 0 Å². The number of nitrogens with one attached hydrogen (secondary N) is 6. The summed E-state index contributed by atoms with van der Waals surface area (Å²) in [5.74, 6) is 0. The van der Waals surface area contributed by atoms with Crippen LogP contribution >= 0.6 is 36.7 Å². The molecular weight excluding hydrogens is 848 g/mol. The van der Waals surface area contributed by atoms with Gasteiger partial charge in [-0.25, -0.2) is 16.6 Å². The van der Waals surface area contributed by atoms with Gasteiger partial charge in [-0.05, 0) is 109 Å². The molecule has 0 saturated carbocycles. The molecule has 6 aromatic rings. The molecular formula is C39H36InN12S3+3. The second-order valence-corrected chi connectivity index (χ2v) is 11.8. The second-order valence-electron chi connectivity index (χ2n) is 10.6. The molecule has 55 heavy (non-hydrogen) atoms. The monoisotopic (exact) mass is 883 g/mol. The van der Waals surface area contributed by atoms with E-state index in [0.29, 0.717) is 0 Å². The number of rotatable bonds is 9. The van der Waals surface area contributed by atoms with Crippen LogP contribution < -0.4 is 31.3 Å². The second kappa shape index (κ2) is 24.4. The quantitative estimate of drug-likeness (QED) is 0.0473. The maximum absolute atomic E-state index is 6.92. The Labute approximate surface area is 354 Å². The van der Waals surface area contributed by atoms with Crippen LogP contribution in [0.3, 0.4) is 0 Å². The molecule has 0 bridgehead atoms. The fourth-order valence-corrected chi connectivity index (χ4v) is 4.93. The van der Waals surface area contributed by atoms with Crippen LogP contribution in [0.5, 0.6) is 0 Å². The number of benzene rings is 6. The topological polar surface area (TPSA) is 154 Å². The summed E-state index contributed by atoms with van der Waals surface area (Å²) in [5, 5.41) is 15.3. The van der Waals surface area contributed by atoms with Crippen molar-refractivity contribution in [1.29, 1.82) is 16.6 Å². The van der Waals surface area contributed by atoms with Crippen LogP contribution in [0.1, 0.15) is 0 Å². The average Bonchev–Trinajstić information content (AvgIpc) is 3.25. The minimum atomic E-state index is 0. The van der Waals surface area contributed by atoms with Crippen molar-refractivity contribution in [3.8, 4) is 0 Å². The molecule has 0 heterocycles. The third-order valence-corrected chi connectivity index (χ3v) is 7.56. The Hall–Kier alpha value is -5.94. The Bertz CT molecular complexity index is 1710. The van der Waals surface area contributed by atoms with Crippen molar-refractivity contribution in [2.45, 2.75) is 0 Å². The van der Waals surface area contributed by atoms with Crippen LogP contribution in [-0.2, 0) is 0 Å². The summed E-state index contributed by atoms with van der Waals surface area (Å²) >= 11 is 14.8. The van der Waals surface area contributed by atoms with Crippen LogP contribution in [0.4, 0.5) is 34.1 Å². The van der Waals surface area contributed by atoms with Crippen LogP contribution in [-0.4, -0.2) is 41.2 Å². The zero-order chi connectivity index (χ0) is 38.4. The molecule has 12 nitrogen and oxygen atoms in total. The smallest absolute Gasteiger partial charge is 0.266 e. The van der Waals surface area contributed by atoms with Gasteiger partial charge in [-0.15, -0.1) is 15.3 Å². The molecule has 0 atom stereocenters. The van der Waals surface area contributed by atoms with Gasteiger partial charge in [0.2, 0.25) is 15.3 Å². The van der Waals surface area contributed by atoms with Crippen molar-refractivity contribution in [2.24, 2.45) is 15.3 Å². The molecule has 0 aliphatic carbocycles. The summed E-state index contributed by atoms with van der Waals surface area (Å²) in [5.41, 5.74) is 35.0. The first-order valence-electron chi connectivity index (χ1n) is 16.2. The van der Waals surface area contributed by atoms with Crippen LogP contribution in [0.2, 0.25) is 0 Å². The molecule has 0 aliphatic heterocycles. The predicted octanol–water partition coefficient (Wildman–Crippen LogP) is 10.6. The molecule has 0 amide bonds. The molecule has 0 aromatic heterocycles. The van der Waals surface area contributed by atoms with Gasteiger partial charge in [-0.3, -0.25) is 31.3 Å². The molecule has 0 unspecified atom stereocenters. The molecule has 0 spiro atoms. The van der Waals surface area contributed by atoms with Crippen LogP contribution in [0.15, 0.2) is 197 Å². The molecule has 6 aromatic carbocycles. The predicted molar refractivity (Wildman–Crippen MR) is 233 cm³/mol. The first-order valence-corrected chi connectivity index (χ1v) is 17.4. The summed E-state index contributed by atoms with van der Waals surface area (Å²) in [6.45, 7) is 0. The first kappa shape index (κ1) is 43.5. The molecule has 0 saturated heterocycles. The zero-order valence-electron chi connectivity index (χ0n) is 29.3. The van der Waals surface area contributed by atoms with Crippen LogP contribution in [0.25, 0.3) is 0 Å². The number of anilines is 6. The van der Waals surface area contributed by atoms with Gasteiger partial charge in [0.05, 0.1) is 34.1 Å². The number of thiocarbonyl (C=S) groups is 3. The van der Waals surface area contributed by atoms with Gasteiger partial charge in [-0.2, -0.15) is 0 Å². The summed E-state index contributed by atoms with van der Waals surface area (Å²) in [6.07, 6.45) is 0. The summed E-state index contributed by atoms with van der Waals surface area (Å²) in [6, 6.07) is 58.3. The van der Waals surface area contributed by atoms with Crippen molar-refractivity contribution in [1.82, 2.24) is 16.3 Å². The Kier molecular flexibility index (Phi) is 19.3. The van der Waals surface area contributed by atoms with Gasteiger partial charge >= 0.3 is 25.8 Å². The Balaban J connectivity index is 0.000000220. The van der Waals surface area contributed by atoms with Crippen molar-refractivity contribution in [3.63, 3.8) is 0 Å². The average molecular weight is 884 g/mol. The summed E-state index contributed by atoms with van der Waals surface area (Å²) < 4.78 is 0. The maximum atomic E-state index is 6.92. The Morgan fingerprint density at radius 1 is 0.327 bits per heavy atom. The molecule has 0 aliphatic rings. The summed E-state index contributed by atoms with van der Waals surface area (Å²) in [4.78, 5) is 0. The third kappa shape index (κ3) is 14.4. The Morgan fingerprint density at radius 2 is 0.473 bits per heavy atom. The SMILES string of the molecule is N=NC(=S)NN(c1ccccc1)c1ccccc1.N=NC(=S)NN(c1ccccc1)c1ccccc1.N=NC(=S)NN(c1ccccc1)c1ccccc1.[In+3]. The molecule has 270 valence electrons. The number of hydrazine groups is 3. The van der Waals surface area contributed by atoms with Crippen molar-refractivity contribution in [2.75, 3.05) is 15.0 Å². The van der Waals surface area contributed by atoms with Gasteiger partial charge in [0.1, 0.15) is 0 Å². The van der Waals surface area contributed by atoms with Gasteiger partial charge in [0.15, 0.2) is 0 Å². The van der Waals surface area contributed by atoms with E-state index in [-0.39, 0.29) is 41.2 Å². The molecule has 16 heteroatoms. The number of para-hydroxylation sites is 6. The molecule has 6 N–H and O–H groups in total. The minimum Gasteiger partial charge on any atom is -0.266 e. The number of hydrogen-bond donors (Lipinski definition) is 6. The van der Waals surface area contributed by atoms with E-state index in [4.69, 9.17) is 53.2 Å². The van der Waals surface area contributed by atoms with E-state index >= 15 is 0 Å². The molecule has 0 radical (unpaired) electrons. The van der Waals surface area contributed by atoms with E-state index in [1.807, 2.05) is 182 Å². The van der Waals surface area contributed by atoms with E-state index in [9.17, 15) is 0 Å². The molecule has 0 fully saturated rings. The largest absolute Gasteiger partial charge is 3.00 e. The van der Waals surface area contributed by atoms with E-state index in [1.54, 1.807) is 15.0 Å². The van der Waals surface area contributed by atoms with Gasteiger partial charge in [0, 0.05) is 0 Å². The van der Waals surface area contributed by atoms with Crippen LogP contribution in [0, 0.1) is 16.6 Å². The van der Waals surface area contributed by atoms with Crippen molar-refractivity contribution >= 4 is 112 Å². The van der Waals surface area contributed by atoms with Crippen molar-refractivity contribution < 1.29 is 0 Å². The van der Waals surface area contributed by atoms with Gasteiger partial charge in [-0.1, -0.05) is 109 Å². The standard InChI is InChI=1S/3C13H12N4S.In/c3*14-15-13(18)16-17(11-7-3-1-4-8-11)12-9-5-2-6-10-12;/h3*1-10,14H,(H,16,18);/q;;;+3. The zero-order valence-corrected chi connectivity index (χ0v) is 35.1.